The van der Waals surface area contributed by atoms with Crippen LogP contribution in [0, 0.1) is 17.8 Å². The average Bonchev–Trinajstić information content (AvgIpc) is 3.12. The minimum atomic E-state index is -1.63. The van der Waals surface area contributed by atoms with Crippen LogP contribution >= 0.6 is 0 Å². The summed E-state index contributed by atoms with van der Waals surface area (Å²) in [7, 11) is 0. The molecule has 3 amide bonds. The molecule has 2 aliphatic heterocycles. The summed E-state index contributed by atoms with van der Waals surface area (Å²) in [5.74, 6) is -3.35. The number of hydrogen-bond donors (Lipinski definition) is 9. The highest BCUT2D eigenvalue weighted by molar-refractivity contribution is 5.79. The topological polar surface area (TPSA) is 272 Å². The van der Waals surface area contributed by atoms with E-state index in [0.717, 1.165) is 32.1 Å². The van der Waals surface area contributed by atoms with Crippen molar-refractivity contribution in [1.29, 1.82) is 0 Å². The van der Waals surface area contributed by atoms with Crippen LogP contribution in [-0.2, 0) is 42.9 Å². The molecule has 2 aliphatic carbocycles. The van der Waals surface area contributed by atoms with Gasteiger partial charge in [-0.1, -0.05) is 45.4 Å². The van der Waals surface area contributed by atoms with E-state index in [-0.39, 0.29) is 50.3 Å². The SMILES string of the molecule is CCC1CC(C(=O)NCCNC(C)=O)C[C@@H](O[C@@H]2OC(CO)[C@H](O)C(O[C@@H](CC3CCCCC3)C(=O)O)C2NC(C)=O)[C@@H]1O[C@@H]1OC[C@@H](O)[C@H](O)C1O. The van der Waals surface area contributed by atoms with Crippen LogP contribution in [0.3, 0.4) is 0 Å². The van der Waals surface area contributed by atoms with E-state index in [0.29, 0.717) is 12.8 Å². The molecule has 2 saturated heterocycles. The third kappa shape index (κ3) is 11.7. The van der Waals surface area contributed by atoms with E-state index in [1.807, 2.05) is 6.92 Å². The Hall–Kier alpha value is -2.52. The first kappa shape index (κ1) is 43.2. The van der Waals surface area contributed by atoms with Crippen molar-refractivity contribution >= 4 is 23.7 Å². The second kappa shape index (κ2) is 20.4. The molecule has 0 radical (unpaired) electrons. The van der Waals surface area contributed by atoms with E-state index in [1.165, 1.54) is 13.8 Å². The van der Waals surface area contributed by atoms with Crippen molar-refractivity contribution in [2.45, 2.75) is 152 Å². The molecule has 0 aromatic heterocycles. The van der Waals surface area contributed by atoms with Crippen molar-refractivity contribution in [3.05, 3.63) is 0 Å². The molecular formula is C35H59N3O15. The summed E-state index contributed by atoms with van der Waals surface area (Å²) >= 11 is 0. The number of nitrogens with one attached hydrogen (secondary N) is 3. The normalized spacial score (nSPS) is 37.3. The van der Waals surface area contributed by atoms with Crippen LogP contribution in [-0.4, -0.2) is 154 Å². The molecule has 18 nitrogen and oxygen atoms in total. The first-order valence-corrected chi connectivity index (χ1v) is 18.8. The van der Waals surface area contributed by atoms with Crippen LogP contribution < -0.4 is 16.0 Å². The summed E-state index contributed by atoms with van der Waals surface area (Å²) in [5.41, 5.74) is 0. The molecule has 9 N–H and O–H groups in total. The van der Waals surface area contributed by atoms with Crippen molar-refractivity contribution in [2.75, 3.05) is 26.3 Å². The third-order valence-electron chi connectivity index (χ3n) is 10.8. The van der Waals surface area contributed by atoms with Crippen LogP contribution in [0.2, 0.25) is 0 Å². The number of carbonyl (C=O) groups is 4. The maximum Gasteiger partial charge on any atom is 0.332 e. The van der Waals surface area contributed by atoms with Gasteiger partial charge in [0, 0.05) is 32.9 Å². The summed E-state index contributed by atoms with van der Waals surface area (Å²) in [4.78, 5) is 49.8. The Balaban J connectivity index is 1.64. The van der Waals surface area contributed by atoms with Crippen LogP contribution in [0.15, 0.2) is 0 Å². The Bertz CT molecular complexity index is 1210. The molecule has 0 aromatic rings. The lowest BCUT2D eigenvalue weighted by Crippen LogP contribution is -2.67. The minimum absolute atomic E-state index is 0.0189. The van der Waals surface area contributed by atoms with Gasteiger partial charge in [0.15, 0.2) is 18.7 Å². The van der Waals surface area contributed by atoms with E-state index in [2.05, 4.69) is 16.0 Å². The number of aliphatic carboxylic acids is 1. The van der Waals surface area contributed by atoms with Gasteiger partial charge in [-0.05, 0) is 31.1 Å². The second-order valence-corrected chi connectivity index (χ2v) is 14.7. The first-order valence-electron chi connectivity index (χ1n) is 18.8. The van der Waals surface area contributed by atoms with Gasteiger partial charge >= 0.3 is 5.97 Å². The molecule has 53 heavy (non-hydrogen) atoms. The zero-order valence-corrected chi connectivity index (χ0v) is 30.7. The fourth-order valence-electron chi connectivity index (χ4n) is 7.92. The van der Waals surface area contributed by atoms with Crippen molar-refractivity contribution in [2.24, 2.45) is 17.8 Å². The highest BCUT2D eigenvalue weighted by Crippen LogP contribution is 2.39. The summed E-state index contributed by atoms with van der Waals surface area (Å²) in [6, 6.07) is -1.29. The lowest BCUT2D eigenvalue weighted by Gasteiger charge is -2.49. The van der Waals surface area contributed by atoms with Gasteiger partial charge in [0.25, 0.3) is 0 Å². The summed E-state index contributed by atoms with van der Waals surface area (Å²) < 4.78 is 30.5. The summed E-state index contributed by atoms with van der Waals surface area (Å²) in [6.07, 6.45) is -9.36. The van der Waals surface area contributed by atoms with Gasteiger partial charge < -0.3 is 70.3 Å². The second-order valence-electron chi connectivity index (χ2n) is 14.7. The maximum absolute atomic E-state index is 13.4. The monoisotopic (exact) mass is 761 g/mol. The van der Waals surface area contributed by atoms with Crippen molar-refractivity contribution < 1.29 is 73.5 Å². The van der Waals surface area contributed by atoms with Crippen molar-refractivity contribution in [3.8, 4) is 0 Å². The van der Waals surface area contributed by atoms with Gasteiger partial charge in [0.05, 0.1) is 25.4 Å². The van der Waals surface area contributed by atoms with Gasteiger partial charge in [-0.15, -0.1) is 0 Å². The van der Waals surface area contributed by atoms with Crippen molar-refractivity contribution in [1.82, 2.24) is 16.0 Å². The average molecular weight is 762 g/mol. The van der Waals surface area contributed by atoms with E-state index in [4.69, 9.17) is 23.7 Å². The molecule has 2 saturated carbocycles. The van der Waals surface area contributed by atoms with Crippen LogP contribution in [0.25, 0.3) is 0 Å². The third-order valence-corrected chi connectivity index (χ3v) is 10.8. The van der Waals surface area contributed by atoms with Gasteiger partial charge in [0.2, 0.25) is 17.7 Å². The predicted octanol–water partition coefficient (Wildman–Crippen LogP) is -1.72. The Labute approximate surface area is 309 Å². The van der Waals surface area contributed by atoms with Gasteiger partial charge in [-0.3, -0.25) is 14.4 Å². The van der Waals surface area contributed by atoms with Crippen LogP contribution in [0.1, 0.15) is 78.6 Å². The molecule has 4 fully saturated rings. The zero-order valence-electron chi connectivity index (χ0n) is 30.7. The fraction of sp³-hybridized carbons (Fsp3) is 0.886. The standard InChI is InChI=1S/C35H59N3O15/c1-4-20-13-21(32(46)37-11-10-36-17(2)40)14-23(30(20)53-35-29(45)27(43)22(42)16-49-35)51-34-26(38-18(3)41)31(28(44)25(15-39)52-34)50-24(33(47)48)12-19-8-6-5-7-9-19/h19-31,34-35,39,42-45H,4-16H2,1-3H3,(H,36,40)(H,37,46)(H,38,41)(H,47,48)/t20?,21?,22-,23-,24+,25?,26?,27+,28+,29?,30-,31?,34-,35+/m1/s1. The molecule has 6 unspecified atom stereocenters. The molecule has 2 heterocycles. The molecule has 0 spiro atoms. The number of aliphatic hydroxyl groups excluding tert-OH is 5. The summed E-state index contributed by atoms with van der Waals surface area (Å²) in [5, 5.41) is 71.0. The molecular weight excluding hydrogens is 702 g/mol. The Morgan fingerprint density at radius 2 is 1.55 bits per heavy atom. The number of carboxylic acids is 1. The molecule has 304 valence electrons. The number of carbonyl (C=O) groups excluding carboxylic acids is 3. The van der Waals surface area contributed by atoms with E-state index >= 15 is 0 Å². The number of hydrogen-bond acceptors (Lipinski definition) is 14. The fourth-order valence-corrected chi connectivity index (χ4v) is 7.92. The highest BCUT2D eigenvalue weighted by atomic mass is 16.7. The lowest BCUT2D eigenvalue weighted by molar-refractivity contribution is -0.329. The van der Waals surface area contributed by atoms with Gasteiger partial charge in [0.1, 0.15) is 42.7 Å². The Kier molecular flexibility index (Phi) is 16.6. The molecule has 4 rings (SSSR count). The van der Waals surface area contributed by atoms with Gasteiger partial charge in [-0.2, -0.15) is 0 Å². The smallest absolute Gasteiger partial charge is 0.332 e. The minimum Gasteiger partial charge on any atom is -0.479 e. The van der Waals surface area contributed by atoms with Crippen molar-refractivity contribution in [3.63, 3.8) is 0 Å². The number of carboxylic acid groups (broad SMARTS) is 1. The van der Waals surface area contributed by atoms with Crippen LogP contribution in [0.5, 0.6) is 0 Å². The number of ether oxygens (including phenoxy) is 5. The molecule has 14 atom stereocenters. The molecule has 18 heteroatoms. The quantitative estimate of drug-likeness (QED) is 0.0792. The van der Waals surface area contributed by atoms with Crippen LogP contribution in [0.4, 0.5) is 0 Å². The largest absolute Gasteiger partial charge is 0.479 e. The van der Waals surface area contributed by atoms with Gasteiger partial charge in [-0.25, -0.2) is 4.79 Å². The van der Waals surface area contributed by atoms with E-state index in [9.17, 15) is 49.8 Å². The lowest BCUT2D eigenvalue weighted by atomic mass is 9.75. The maximum atomic E-state index is 13.4. The summed E-state index contributed by atoms with van der Waals surface area (Å²) in [6.45, 7) is 3.78. The molecule has 0 bridgehead atoms. The van der Waals surface area contributed by atoms with E-state index in [1.54, 1.807) is 0 Å². The van der Waals surface area contributed by atoms with E-state index < -0.39 is 104 Å². The molecule has 4 aliphatic rings. The first-order chi connectivity index (χ1) is 25.2. The zero-order chi connectivity index (χ0) is 38.8. The number of aliphatic hydroxyl groups is 5. The molecule has 0 aromatic carbocycles. The number of amides is 3. The Morgan fingerprint density at radius 1 is 0.849 bits per heavy atom. The number of rotatable bonds is 16. The highest BCUT2D eigenvalue weighted by Gasteiger charge is 2.52. The predicted molar refractivity (Wildman–Crippen MR) is 183 cm³/mol. The Morgan fingerprint density at radius 3 is 2.17 bits per heavy atom.